The predicted octanol–water partition coefficient (Wildman–Crippen LogP) is 1.86. The number of hydrazine groups is 1. The van der Waals surface area contributed by atoms with Gasteiger partial charge in [0.1, 0.15) is 16.4 Å². The number of nitrogens with zero attached hydrogens (tertiary/aromatic N) is 4. The van der Waals surface area contributed by atoms with Gasteiger partial charge < -0.3 is 5.43 Å². The van der Waals surface area contributed by atoms with Crippen LogP contribution >= 0.6 is 11.8 Å². The fourth-order valence-electron chi connectivity index (χ4n) is 1.63. The van der Waals surface area contributed by atoms with E-state index in [1.54, 1.807) is 18.7 Å². The van der Waals surface area contributed by atoms with E-state index in [1.807, 2.05) is 24.3 Å². The lowest BCUT2D eigenvalue weighted by molar-refractivity contribution is 1.03. The van der Waals surface area contributed by atoms with Gasteiger partial charge in [0, 0.05) is 5.39 Å². The van der Waals surface area contributed by atoms with Crippen molar-refractivity contribution in [1.29, 1.82) is 0 Å². The van der Waals surface area contributed by atoms with Gasteiger partial charge in [-0.2, -0.15) is 0 Å². The molecule has 94 valence electrons. The van der Waals surface area contributed by atoms with Crippen LogP contribution in [0.5, 0.6) is 0 Å². The van der Waals surface area contributed by atoms with Gasteiger partial charge in [-0.25, -0.2) is 20.8 Å². The second-order valence-corrected chi connectivity index (χ2v) is 4.69. The molecule has 3 rings (SSSR count). The fraction of sp³-hybridized carbons (Fsp3) is 0. The Kier molecular flexibility index (Phi) is 3.21. The molecule has 2 aromatic heterocycles. The van der Waals surface area contributed by atoms with Crippen LogP contribution in [0, 0.1) is 0 Å². The molecule has 3 N–H and O–H groups in total. The van der Waals surface area contributed by atoms with Crippen molar-refractivity contribution in [3.63, 3.8) is 0 Å². The smallest absolute Gasteiger partial charge is 0.159 e. The summed E-state index contributed by atoms with van der Waals surface area (Å²) in [5.41, 5.74) is 3.37. The van der Waals surface area contributed by atoms with Gasteiger partial charge in [-0.05, 0) is 17.8 Å². The number of rotatable bonds is 3. The Morgan fingerprint density at radius 1 is 1.11 bits per heavy atom. The Balaban J connectivity index is 2.01. The highest BCUT2D eigenvalue weighted by molar-refractivity contribution is 7.99. The van der Waals surface area contributed by atoms with Crippen LogP contribution in [-0.4, -0.2) is 19.9 Å². The number of para-hydroxylation sites is 1. The molecular formula is C12H10N6S. The Morgan fingerprint density at radius 2 is 2.00 bits per heavy atom. The number of hydrogen-bond acceptors (Lipinski definition) is 7. The standard InChI is InChI=1S/C12H10N6S/c13-18-10-5-14-6-11(17-10)19-12-8-3-1-2-4-9(8)15-7-16-12/h1-7H,13H2,(H,17,18). The van der Waals surface area contributed by atoms with Crippen LogP contribution in [0.2, 0.25) is 0 Å². The summed E-state index contributed by atoms with van der Waals surface area (Å²) in [4.78, 5) is 16.9. The highest BCUT2D eigenvalue weighted by Crippen LogP contribution is 2.29. The quantitative estimate of drug-likeness (QED) is 0.426. The average Bonchev–Trinajstić information content (AvgIpc) is 2.48. The summed E-state index contributed by atoms with van der Waals surface area (Å²) in [5.74, 6) is 5.83. The van der Waals surface area contributed by atoms with Gasteiger partial charge in [0.05, 0.1) is 17.9 Å². The average molecular weight is 270 g/mol. The van der Waals surface area contributed by atoms with Crippen LogP contribution < -0.4 is 11.3 Å². The third-order valence-electron chi connectivity index (χ3n) is 2.47. The van der Waals surface area contributed by atoms with Gasteiger partial charge in [0.2, 0.25) is 0 Å². The number of hydrogen-bond donors (Lipinski definition) is 2. The van der Waals surface area contributed by atoms with E-state index < -0.39 is 0 Å². The molecule has 1 aromatic carbocycles. The number of benzene rings is 1. The van der Waals surface area contributed by atoms with Crippen LogP contribution in [0.1, 0.15) is 0 Å². The molecule has 0 fully saturated rings. The topological polar surface area (TPSA) is 89.6 Å². The number of nitrogen functional groups attached to an aromatic ring is 1. The van der Waals surface area contributed by atoms with E-state index in [-0.39, 0.29) is 0 Å². The van der Waals surface area contributed by atoms with Crippen molar-refractivity contribution < 1.29 is 0 Å². The minimum absolute atomic E-state index is 0.517. The van der Waals surface area contributed by atoms with Crippen molar-refractivity contribution in [3.05, 3.63) is 43.0 Å². The van der Waals surface area contributed by atoms with Gasteiger partial charge in [-0.1, -0.05) is 18.2 Å². The van der Waals surface area contributed by atoms with Gasteiger partial charge in [-0.3, -0.25) is 4.98 Å². The molecular weight excluding hydrogens is 260 g/mol. The molecule has 0 bridgehead atoms. The highest BCUT2D eigenvalue weighted by Gasteiger charge is 2.06. The minimum Gasteiger partial charge on any atom is -0.307 e. The number of nitrogens with one attached hydrogen (secondary N) is 1. The van der Waals surface area contributed by atoms with E-state index in [0.717, 1.165) is 21.0 Å². The molecule has 0 amide bonds. The molecule has 2 heterocycles. The first kappa shape index (κ1) is 11.8. The normalized spacial score (nSPS) is 10.6. The third kappa shape index (κ3) is 2.47. The van der Waals surface area contributed by atoms with Crippen LogP contribution in [0.3, 0.4) is 0 Å². The van der Waals surface area contributed by atoms with E-state index in [0.29, 0.717) is 5.82 Å². The van der Waals surface area contributed by atoms with E-state index in [1.165, 1.54) is 11.8 Å². The van der Waals surface area contributed by atoms with Crippen molar-refractivity contribution in [2.45, 2.75) is 10.1 Å². The number of anilines is 1. The lowest BCUT2D eigenvalue weighted by Gasteiger charge is -2.04. The van der Waals surface area contributed by atoms with E-state index in [2.05, 4.69) is 25.4 Å². The summed E-state index contributed by atoms with van der Waals surface area (Å²) in [6.45, 7) is 0. The van der Waals surface area contributed by atoms with E-state index >= 15 is 0 Å². The zero-order chi connectivity index (χ0) is 13.1. The summed E-state index contributed by atoms with van der Waals surface area (Å²) >= 11 is 1.43. The monoisotopic (exact) mass is 270 g/mol. The zero-order valence-corrected chi connectivity index (χ0v) is 10.6. The predicted molar refractivity (Wildman–Crippen MR) is 73.5 cm³/mol. The van der Waals surface area contributed by atoms with Crippen molar-refractivity contribution in [2.75, 3.05) is 5.43 Å². The molecule has 0 saturated carbocycles. The maximum absolute atomic E-state index is 5.32. The van der Waals surface area contributed by atoms with Crippen LogP contribution in [0.15, 0.2) is 53.0 Å². The summed E-state index contributed by atoms with van der Waals surface area (Å²) in [5, 5.41) is 2.55. The molecule has 6 nitrogen and oxygen atoms in total. The summed E-state index contributed by atoms with van der Waals surface area (Å²) in [6, 6.07) is 7.84. The highest BCUT2D eigenvalue weighted by atomic mass is 32.2. The molecule has 19 heavy (non-hydrogen) atoms. The van der Waals surface area contributed by atoms with Crippen molar-refractivity contribution >= 4 is 28.5 Å². The number of nitrogens with two attached hydrogens (primary N) is 1. The van der Waals surface area contributed by atoms with Crippen LogP contribution in [0.25, 0.3) is 10.9 Å². The minimum atomic E-state index is 0.517. The largest absolute Gasteiger partial charge is 0.307 e. The van der Waals surface area contributed by atoms with Gasteiger partial charge in [0.25, 0.3) is 0 Å². The summed E-state index contributed by atoms with van der Waals surface area (Å²) in [6.07, 6.45) is 4.77. The Morgan fingerprint density at radius 3 is 2.89 bits per heavy atom. The van der Waals surface area contributed by atoms with E-state index in [4.69, 9.17) is 5.84 Å². The maximum Gasteiger partial charge on any atom is 0.159 e. The number of aromatic nitrogens is 4. The molecule has 0 aliphatic heterocycles. The second-order valence-electron chi connectivity index (χ2n) is 3.68. The first-order valence-electron chi connectivity index (χ1n) is 5.53. The Hall–Kier alpha value is -2.25. The molecule has 7 heteroatoms. The van der Waals surface area contributed by atoms with Crippen molar-refractivity contribution in [1.82, 2.24) is 19.9 Å². The van der Waals surface area contributed by atoms with Crippen LogP contribution in [-0.2, 0) is 0 Å². The molecule has 0 aliphatic carbocycles. The SMILES string of the molecule is NNc1cncc(Sc2ncnc3ccccc23)n1. The number of fused-ring (bicyclic) bond motifs is 1. The van der Waals surface area contributed by atoms with E-state index in [9.17, 15) is 0 Å². The molecule has 0 spiro atoms. The second kappa shape index (κ2) is 5.17. The zero-order valence-electron chi connectivity index (χ0n) is 9.82. The molecule has 0 radical (unpaired) electrons. The molecule has 0 atom stereocenters. The molecule has 0 saturated heterocycles. The first-order chi connectivity index (χ1) is 9.36. The summed E-state index contributed by atoms with van der Waals surface area (Å²) in [7, 11) is 0. The Bertz CT molecular complexity index is 712. The first-order valence-corrected chi connectivity index (χ1v) is 6.35. The Labute approximate surface area is 113 Å². The molecule has 0 unspecified atom stereocenters. The van der Waals surface area contributed by atoms with Crippen molar-refractivity contribution in [2.24, 2.45) is 5.84 Å². The lowest BCUT2D eigenvalue weighted by atomic mass is 10.2. The lowest BCUT2D eigenvalue weighted by Crippen LogP contribution is -2.08. The van der Waals surface area contributed by atoms with Crippen molar-refractivity contribution in [3.8, 4) is 0 Å². The summed E-state index contributed by atoms with van der Waals surface area (Å²) < 4.78 is 0. The third-order valence-corrected chi connectivity index (χ3v) is 3.39. The molecule has 3 aromatic rings. The van der Waals surface area contributed by atoms with Gasteiger partial charge in [0.15, 0.2) is 5.82 Å². The maximum atomic E-state index is 5.32. The fourth-order valence-corrected chi connectivity index (χ4v) is 2.47. The van der Waals surface area contributed by atoms with Gasteiger partial charge in [-0.15, -0.1) is 0 Å². The van der Waals surface area contributed by atoms with Crippen LogP contribution in [0.4, 0.5) is 5.82 Å². The molecule has 0 aliphatic rings. The van der Waals surface area contributed by atoms with Gasteiger partial charge >= 0.3 is 0 Å².